The normalized spacial score (nSPS) is 12.0. The van der Waals surface area contributed by atoms with E-state index in [1.54, 1.807) is 18.5 Å². The quantitative estimate of drug-likeness (QED) is 0.619. The van der Waals surface area contributed by atoms with Crippen LogP contribution in [0.15, 0.2) is 65.4 Å². The van der Waals surface area contributed by atoms with Gasteiger partial charge in [-0.1, -0.05) is 52.7 Å². The first kappa shape index (κ1) is 17.6. The molecule has 5 heteroatoms. The predicted octanol–water partition coefficient (Wildman–Crippen LogP) is 5.42. The van der Waals surface area contributed by atoms with E-state index < -0.39 is 5.91 Å². The molecule has 0 radical (unpaired) electrons. The summed E-state index contributed by atoms with van der Waals surface area (Å²) in [5.41, 5.74) is 9.76. The van der Waals surface area contributed by atoms with Crippen LogP contribution in [0.4, 0.5) is 0 Å². The van der Waals surface area contributed by atoms with E-state index in [1.807, 2.05) is 42.5 Å². The molecule has 0 unspecified atom stereocenters. The molecule has 0 spiro atoms. The topological polar surface area (TPSA) is 56.0 Å². The zero-order valence-corrected chi connectivity index (χ0v) is 15.9. The van der Waals surface area contributed by atoms with Gasteiger partial charge in [0, 0.05) is 22.8 Å². The third kappa shape index (κ3) is 3.60. The maximum Gasteiger partial charge on any atom is 0.250 e. The van der Waals surface area contributed by atoms with Gasteiger partial charge in [0.25, 0.3) is 0 Å². The molecular formula is C20H16BrClN2O. The van der Waals surface area contributed by atoms with Gasteiger partial charge in [0.15, 0.2) is 0 Å². The first-order chi connectivity index (χ1) is 12.0. The molecule has 2 aromatic carbocycles. The Bertz CT molecular complexity index is 911. The van der Waals surface area contributed by atoms with Gasteiger partial charge in [0.1, 0.15) is 0 Å². The number of pyridine rings is 1. The van der Waals surface area contributed by atoms with E-state index in [9.17, 15) is 4.79 Å². The summed E-state index contributed by atoms with van der Waals surface area (Å²) in [4.78, 5) is 15.8. The molecule has 0 bridgehead atoms. The fraction of sp³-hybridized carbons (Fsp3) is 0.100. The smallest absolute Gasteiger partial charge is 0.250 e. The highest BCUT2D eigenvalue weighted by Gasteiger charge is 2.21. The zero-order valence-electron chi connectivity index (χ0n) is 13.5. The van der Waals surface area contributed by atoms with Crippen LogP contribution in [-0.4, -0.2) is 10.9 Å². The Labute approximate surface area is 160 Å². The minimum Gasteiger partial charge on any atom is -0.366 e. The molecule has 3 aromatic rings. The lowest BCUT2D eigenvalue weighted by Crippen LogP contribution is -2.13. The van der Waals surface area contributed by atoms with Gasteiger partial charge in [0.2, 0.25) is 5.91 Å². The second-order valence-corrected chi connectivity index (χ2v) is 7.06. The molecule has 0 fully saturated rings. The molecule has 0 aliphatic carbocycles. The van der Waals surface area contributed by atoms with E-state index >= 15 is 0 Å². The minimum atomic E-state index is -0.532. The molecule has 1 atom stereocenters. The Hall–Kier alpha value is -2.17. The zero-order chi connectivity index (χ0) is 18.0. The molecule has 0 aliphatic rings. The van der Waals surface area contributed by atoms with Crippen molar-refractivity contribution in [3.8, 4) is 11.1 Å². The van der Waals surface area contributed by atoms with Gasteiger partial charge in [-0.3, -0.25) is 9.78 Å². The van der Waals surface area contributed by atoms with Crippen LogP contribution in [-0.2, 0) is 0 Å². The van der Waals surface area contributed by atoms with E-state index in [-0.39, 0.29) is 5.92 Å². The second-order valence-electron chi connectivity index (χ2n) is 5.76. The maximum atomic E-state index is 11.7. The van der Waals surface area contributed by atoms with Gasteiger partial charge in [-0.2, -0.15) is 0 Å². The Morgan fingerprint density at radius 3 is 2.32 bits per heavy atom. The average molecular weight is 416 g/mol. The number of halogens is 2. The van der Waals surface area contributed by atoms with E-state index in [0.29, 0.717) is 10.6 Å². The summed E-state index contributed by atoms with van der Waals surface area (Å²) < 4.78 is 1.01. The summed E-state index contributed by atoms with van der Waals surface area (Å²) >= 11 is 10.1. The van der Waals surface area contributed by atoms with Gasteiger partial charge >= 0.3 is 0 Å². The summed E-state index contributed by atoms with van der Waals surface area (Å²) in [5.74, 6) is -0.543. The van der Waals surface area contributed by atoms with Crippen LogP contribution >= 0.6 is 27.5 Å². The van der Waals surface area contributed by atoms with Crippen LogP contribution in [0.1, 0.15) is 34.3 Å². The SMILES string of the molecule is C[C@@H](c1ccc(Br)cc1)c1c(-c2ccncc2)ccc(C(N)=O)c1Cl. The van der Waals surface area contributed by atoms with E-state index in [2.05, 4.69) is 27.8 Å². The maximum absolute atomic E-state index is 11.7. The first-order valence-corrected chi connectivity index (χ1v) is 8.94. The van der Waals surface area contributed by atoms with Gasteiger partial charge in [-0.05, 0) is 52.6 Å². The summed E-state index contributed by atoms with van der Waals surface area (Å²) in [6, 6.07) is 15.5. The predicted molar refractivity (Wildman–Crippen MR) is 105 cm³/mol. The van der Waals surface area contributed by atoms with Crippen molar-refractivity contribution in [3.05, 3.63) is 87.1 Å². The highest BCUT2D eigenvalue weighted by atomic mass is 79.9. The molecule has 1 amide bonds. The summed E-state index contributed by atoms with van der Waals surface area (Å²) in [6.07, 6.45) is 3.47. The number of aromatic nitrogens is 1. The van der Waals surface area contributed by atoms with Crippen LogP contribution < -0.4 is 5.73 Å². The number of carbonyl (C=O) groups excluding carboxylic acids is 1. The van der Waals surface area contributed by atoms with Gasteiger partial charge < -0.3 is 5.73 Å². The van der Waals surface area contributed by atoms with Crippen molar-refractivity contribution in [1.29, 1.82) is 0 Å². The largest absolute Gasteiger partial charge is 0.366 e. The van der Waals surface area contributed by atoms with Crippen LogP contribution in [0.5, 0.6) is 0 Å². The number of hydrogen-bond acceptors (Lipinski definition) is 2. The van der Waals surface area contributed by atoms with Crippen molar-refractivity contribution >= 4 is 33.4 Å². The van der Waals surface area contributed by atoms with E-state index in [1.165, 1.54) is 0 Å². The van der Waals surface area contributed by atoms with Crippen LogP contribution in [0.2, 0.25) is 5.02 Å². The third-order valence-electron chi connectivity index (χ3n) is 4.24. The lowest BCUT2D eigenvalue weighted by atomic mass is 9.86. The number of amides is 1. The van der Waals surface area contributed by atoms with E-state index in [4.69, 9.17) is 17.3 Å². The Morgan fingerprint density at radius 1 is 1.08 bits per heavy atom. The van der Waals surface area contributed by atoms with E-state index in [0.717, 1.165) is 26.7 Å². The van der Waals surface area contributed by atoms with Crippen molar-refractivity contribution in [2.45, 2.75) is 12.8 Å². The van der Waals surface area contributed by atoms with Crippen molar-refractivity contribution in [3.63, 3.8) is 0 Å². The molecule has 1 heterocycles. The molecule has 25 heavy (non-hydrogen) atoms. The number of hydrogen-bond donors (Lipinski definition) is 1. The number of primary amides is 1. The molecule has 0 aliphatic heterocycles. The number of nitrogens with two attached hydrogens (primary N) is 1. The lowest BCUT2D eigenvalue weighted by molar-refractivity contribution is 0.100. The molecule has 3 nitrogen and oxygen atoms in total. The Morgan fingerprint density at radius 2 is 1.72 bits per heavy atom. The second kappa shape index (κ2) is 7.38. The minimum absolute atomic E-state index is 0.0111. The summed E-state index contributed by atoms with van der Waals surface area (Å²) in [7, 11) is 0. The van der Waals surface area contributed by atoms with Crippen molar-refractivity contribution < 1.29 is 4.79 Å². The fourth-order valence-corrected chi connectivity index (χ4v) is 3.59. The molecular weight excluding hydrogens is 400 g/mol. The van der Waals surface area contributed by atoms with Crippen LogP contribution in [0.25, 0.3) is 11.1 Å². The molecule has 3 rings (SSSR count). The average Bonchev–Trinajstić information content (AvgIpc) is 2.62. The molecule has 126 valence electrons. The van der Waals surface area contributed by atoms with Gasteiger partial charge in [-0.25, -0.2) is 0 Å². The van der Waals surface area contributed by atoms with Crippen LogP contribution in [0.3, 0.4) is 0 Å². The highest BCUT2D eigenvalue weighted by Crippen LogP contribution is 2.39. The third-order valence-corrected chi connectivity index (χ3v) is 5.18. The van der Waals surface area contributed by atoms with Crippen LogP contribution in [0, 0.1) is 0 Å². The fourth-order valence-electron chi connectivity index (χ4n) is 2.91. The number of carbonyl (C=O) groups is 1. The molecule has 2 N–H and O–H groups in total. The molecule has 0 saturated carbocycles. The number of rotatable bonds is 4. The summed E-state index contributed by atoms with van der Waals surface area (Å²) in [5, 5.41) is 0.400. The summed E-state index contributed by atoms with van der Waals surface area (Å²) in [6.45, 7) is 2.07. The lowest BCUT2D eigenvalue weighted by Gasteiger charge is -2.20. The van der Waals surface area contributed by atoms with Crippen molar-refractivity contribution in [2.75, 3.05) is 0 Å². The Kier molecular flexibility index (Phi) is 5.21. The van der Waals surface area contributed by atoms with Crippen molar-refractivity contribution in [1.82, 2.24) is 4.98 Å². The number of nitrogens with zero attached hydrogens (tertiary/aromatic N) is 1. The van der Waals surface area contributed by atoms with Crippen molar-refractivity contribution in [2.24, 2.45) is 5.73 Å². The standard InChI is InChI=1S/C20H16BrClN2O/c1-12(13-2-4-15(21)5-3-13)18-16(14-8-10-24-11-9-14)6-7-17(19(18)22)20(23)25/h2-12H,1H3,(H2,23,25)/t12-/m0/s1. The molecule has 1 aromatic heterocycles. The molecule has 0 saturated heterocycles. The first-order valence-electron chi connectivity index (χ1n) is 7.77. The number of benzene rings is 2. The Balaban J connectivity index is 2.22. The highest BCUT2D eigenvalue weighted by molar-refractivity contribution is 9.10. The monoisotopic (exact) mass is 414 g/mol. The van der Waals surface area contributed by atoms with Gasteiger partial charge in [0.05, 0.1) is 10.6 Å². The van der Waals surface area contributed by atoms with Gasteiger partial charge in [-0.15, -0.1) is 0 Å².